The SMILES string of the molecule is CCC(C)(C)C(=O)OCC(=O)OC1C2OC(=O)C3(C)CC1(C)CC23. The van der Waals surface area contributed by atoms with Gasteiger partial charge in [0.05, 0.1) is 10.8 Å². The number of fused-ring (bicyclic) bond motifs is 1. The fourth-order valence-corrected chi connectivity index (χ4v) is 4.55. The number of carbonyl (C=O) groups excluding carboxylic acids is 3. The number of esters is 3. The minimum absolute atomic E-state index is 0.106. The van der Waals surface area contributed by atoms with E-state index < -0.39 is 35.5 Å². The molecule has 5 unspecified atom stereocenters. The smallest absolute Gasteiger partial charge is 0.344 e. The zero-order valence-electron chi connectivity index (χ0n) is 15.0. The van der Waals surface area contributed by atoms with Crippen molar-refractivity contribution in [1.29, 1.82) is 0 Å². The number of hydrogen-bond acceptors (Lipinski definition) is 6. The number of carbonyl (C=O) groups is 3. The highest BCUT2D eigenvalue weighted by Crippen LogP contribution is 2.67. The zero-order chi connectivity index (χ0) is 17.9. The normalized spacial score (nSPS) is 39.7. The van der Waals surface area contributed by atoms with Crippen LogP contribution in [0.3, 0.4) is 0 Å². The minimum atomic E-state index is -0.624. The minimum Gasteiger partial charge on any atom is -0.458 e. The van der Waals surface area contributed by atoms with Crippen LogP contribution in [0.4, 0.5) is 0 Å². The lowest BCUT2D eigenvalue weighted by atomic mass is 9.71. The largest absolute Gasteiger partial charge is 0.458 e. The van der Waals surface area contributed by atoms with Crippen LogP contribution in [0, 0.1) is 22.2 Å². The van der Waals surface area contributed by atoms with Crippen LogP contribution in [0.2, 0.25) is 0 Å². The Morgan fingerprint density at radius 3 is 2.62 bits per heavy atom. The molecular weight excluding hydrogens is 312 g/mol. The molecule has 134 valence electrons. The fraction of sp³-hybridized carbons (Fsp3) is 0.833. The van der Waals surface area contributed by atoms with Gasteiger partial charge >= 0.3 is 17.9 Å². The summed E-state index contributed by atoms with van der Waals surface area (Å²) in [5.41, 5.74) is -1.32. The first kappa shape index (κ1) is 17.2. The van der Waals surface area contributed by atoms with Crippen molar-refractivity contribution in [2.24, 2.45) is 22.2 Å². The molecular formula is C18H26O6. The van der Waals surface area contributed by atoms with Crippen LogP contribution in [0.1, 0.15) is 53.9 Å². The first-order valence-corrected chi connectivity index (χ1v) is 8.61. The summed E-state index contributed by atoms with van der Waals surface area (Å²) in [4.78, 5) is 36.2. The number of hydrogen-bond donors (Lipinski definition) is 0. The van der Waals surface area contributed by atoms with Gasteiger partial charge in [-0.25, -0.2) is 4.79 Å². The van der Waals surface area contributed by atoms with Crippen molar-refractivity contribution >= 4 is 17.9 Å². The Bertz CT molecular complexity index is 596. The Hall–Kier alpha value is -1.59. The Morgan fingerprint density at radius 1 is 1.33 bits per heavy atom. The van der Waals surface area contributed by atoms with Gasteiger partial charge in [0.25, 0.3) is 0 Å². The molecule has 0 amide bonds. The molecule has 2 aliphatic carbocycles. The average molecular weight is 338 g/mol. The van der Waals surface area contributed by atoms with Gasteiger partial charge in [0, 0.05) is 11.3 Å². The van der Waals surface area contributed by atoms with E-state index in [0.29, 0.717) is 12.8 Å². The maximum Gasteiger partial charge on any atom is 0.344 e. The van der Waals surface area contributed by atoms with Gasteiger partial charge in [0.1, 0.15) is 12.2 Å². The van der Waals surface area contributed by atoms with E-state index in [-0.39, 0.29) is 23.4 Å². The molecule has 0 N–H and O–H groups in total. The van der Waals surface area contributed by atoms with Gasteiger partial charge in [-0.2, -0.15) is 0 Å². The van der Waals surface area contributed by atoms with Crippen molar-refractivity contribution in [1.82, 2.24) is 0 Å². The van der Waals surface area contributed by atoms with Crippen molar-refractivity contribution in [3.8, 4) is 0 Å². The average Bonchev–Trinajstić information content (AvgIpc) is 3.00. The molecule has 0 spiro atoms. The van der Waals surface area contributed by atoms with Gasteiger partial charge in [-0.3, -0.25) is 9.59 Å². The quantitative estimate of drug-likeness (QED) is 0.565. The van der Waals surface area contributed by atoms with Crippen molar-refractivity contribution in [2.45, 2.75) is 66.1 Å². The molecule has 2 saturated carbocycles. The molecule has 24 heavy (non-hydrogen) atoms. The van der Waals surface area contributed by atoms with Gasteiger partial charge in [0.15, 0.2) is 6.61 Å². The third-order valence-corrected chi connectivity index (χ3v) is 6.38. The fourth-order valence-electron chi connectivity index (χ4n) is 4.55. The van der Waals surface area contributed by atoms with E-state index in [4.69, 9.17) is 14.2 Å². The third-order valence-electron chi connectivity index (χ3n) is 6.38. The summed E-state index contributed by atoms with van der Waals surface area (Å²) < 4.78 is 16.2. The Morgan fingerprint density at radius 2 is 2.00 bits per heavy atom. The summed E-state index contributed by atoms with van der Waals surface area (Å²) in [7, 11) is 0. The molecule has 5 atom stereocenters. The lowest BCUT2D eigenvalue weighted by Gasteiger charge is -2.35. The van der Waals surface area contributed by atoms with Crippen molar-refractivity contribution in [3.05, 3.63) is 0 Å². The van der Waals surface area contributed by atoms with Crippen molar-refractivity contribution in [3.63, 3.8) is 0 Å². The van der Waals surface area contributed by atoms with Crippen LogP contribution < -0.4 is 0 Å². The molecule has 3 fully saturated rings. The molecule has 3 aliphatic rings. The summed E-state index contributed by atoms with van der Waals surface area (Å²) in [6.45, 7) is 9.01. The first-order chi connectivity index (χ1) is 11.0. The number of ether oxygens (including phenoxy) is 3. The summed E-state index contributed by atoms with van der Waals surface area (Å²) in [6, 6.07) is 0. The van der Waals surface area contributed by atoms with E-state index in [1.807, 2.05) is 20.8 Å². The second-order valence-corrected chi connectivity index (χ2v) is 8.65. The molecule has 6 nitrogen and oxygen atoms in total. The standard InChI is InChI=1S/C18H26O6/c1-6-16(2,3)14(20)22-8-11(19)23-13-12-10-7-17(13,4)9-18(10,5)15(21)24-12/h10,12-13H,6-9H2,1-5H3. The Kier molecular flexibility index (Phi) is 3.74. The zero-order valence-corrected chi connectivity index (χ0v) is 15.0. The Balaban J connectivity index is 1.61. The molecule has 1 saturated heterocycles. The van der Waals surface area contributed by atoms with E-state index in [9.17, 15) is 14.4 Å². The van der Waals surface area contributed by atoms with Crippen LogP contribution in [0.5, 0.6) is 0 Å². The second-order valence-electron chi connectivity index (χ2n) is 8.65. The monoisotopic (exact) mass is 338 g/mol. The highest BCUT2D eigenvalue weighted by atomic mass is 16.6. The summed E-state index contributed by atoms with van der Waals surface area (Å²) >= 11 is 0. The molecule has 0 aromatic carbocycles. The van der Waals surface area contributed by atoms with Gasteiger partial charge in [-0.1, -0.05) is 13.8 Å². The maximum atomic E-state index is 12.1. The van der Waals surface area contributed by atoms with E-state index in [1.165, 1.54) is 0 Å². The van der Waals surface area contributed by atoms with E-state index in [1.54, 1.807) is 13.8 Å². The first-order valence-electron chi connectivity index (χ1n) is 8.61. The molecule has 0 aromatic heterocycles. The van der Waals surface area contributed by atoms with Crippen LogP contribution >= 0.6 is 0 Å². The van der Waals surface area contributed by atoms with E-state index >= 15 is 0 Å². The lowest BCUT2D eigenvalue weighted by molar-refractivity contribution is -0.175. The molecule has 1 aliphatic heterocycles. The molecule has 2 bridgehead atoms. The molecule has 1 heterocycles. The van der Waals surface area contributed by atoms with E-state index in [0.717, 1.165) is 6.42 Å². The third kappa shape index (κ3) is 2.33. The highest BCUT2D eigenvalue weighted by molar-refractivity contribution is 5.82. The number of rotatable bonds is 5. The predicted molar refractivity (Wildman–Crippen MR) is 83.7 cm³/mol. The summed E-state index contributed by atoms with van der Waals surface area (Å²) in [5, 5.41) is 0. The van der Waals surface area contributed by atoms with Crippen LogP contribution in [-0.4, -0.2) is 36.7 Å². The molecule has 3 rings (SSSR count). The van der Waals surface area contributed by atoms with Gasteiger partial charge in [0.2, 0.25) is 0 Å². The second kappa shape index (κ2) is 5.20. The van der Waals surface area contributed by atoms with Crippen LogP contribution in [-0.2, 0) is 28.6 Å². The lowest BCUT2D eigenvalue weighted by Crippen LogP contribution is -2.44. The summed E-state index contributed by atoms with van der Waals surface area (Å²) in [5.74, 6) is -1.08. The van der Waals surface area contributed by atoms with Crippen molar-refractivity contribution < 1.29 is 28.6 Å². The van der Waals surface area contributed by atoms with E-state index in [2.05, 4.69) is 0 Å². The van der Waals surface area contributed by atoms with Crippen LogP contribution in [0.15, 0.2) is 0 Å². The molecule has 0 aromatic rings. The molecule has 6 heteroatoms. The highest BCUT2D eigenvalue weighted by Gasteiger charge is 2.74. The van der Waals surface area contributed by atoms with Crippen LogP contribution in [0.25, 0.3) is 0 Å². The maximum absolute atomic E-state index is 12.1. The predicted octanol–water partition coefficient (Wildman–Crippen LogP) is 2.24. The summed E-state index contributed by atoms with van der Waals surface area (Å²) in [6.07, 6.45) is 1.29. The van der Waals surface area contributed by atoms with Gasteiger partial charge < -0.3 is 14.2 Å². The van der Waals surface area contributed by atoms with Crippen molar-refractivity contribution in [2.75, 3.05) is 6.61 Å². The van der Waals surface area contributed by atoms with Gasteiger partial charge in [-0.05, 0) is 40.0 Å². The topological polar surface area (TPSA) is 78.9 Å². The molecule has 0 radical (unpaired) electrons. The Labute approximate surface area is 142 Å². The van der Waals surface area contributed by atoms with Gasteiger partial charge in [-0.15, -0.1) is 0 Å².